The molecule has 0 bridgehead atoms. The zero-order valence-electron chi connectivity index (χ0n) is 9.03. The van der Waals surface area contributed by atoms with Crippen molar-refractivity contribution in [3.05, 3.63) is 24.0 Å². The number of hydrogen-bond acceptors (Lipinski definition) is 4. The first-order valence-corrected chi connectivity index (χ1v) is 6.92. The highest BCUT2D eigenvalue weighted by molar-refractivity contribution is 7.90. The summed E-state index contributed by atoms with van der Waals surface area (Å²) >= 11 is 0. The molecule has 6 heteroatoms. The van der Waals surface area contributed by atoms with Crippen LogP contribution in [0.1, 0.15) is 6.42 Å². The van der Waals surface area contributed by atoms with Gasteiger partial charge in [0.15, 0.2) is 0 Å². The molecule has 0 atom stereocenters. The lowest BCUT2D eigenvalue weighted by Gasteiger charge is -2.09. The maximum absolute atomic E-state index is 13.0. The quantitative estimate of drug-likeness (QED) is 0.606. The number of anilines is 2. The number of rotatable bonds is 5. The van der Waals surface area contributed by atoms with Crippen LogP contribution in [0.15, 0.2) is 18.2 Å². The van der Waals surface area contributed by atoms with Gasteiger partial charge in [0.25, 0.3) is 0 Å². The summed E-state index contributed by atoms with van der Waals surface area (Å²) in [4.78, 5) is 0. The van der Waals surface area contributed by atoms with Gasteiger partial charge in [0.2, 0.25) is 0 Å². The summed E-state index contributed by atoms with van der Waals surface area (Å²) in [5.41, 5.74) is 6.05. The van der Waals surface area contributed by atoms with Gasteiger partial charge in [0, 0.05) is 12.8 Å². The number of nitrogens with two attached hydrogens (primary N) is 1. The number of halogens is 1. The first-order valence-electron chi connectivity index (χ1n) is 4.86. The molecule has 0 aliphatic rings. The van der Waals surface area contributed by atoms with Crippen LogP contribution in [-0.4, -0.2) is 27.0 Å². The van der Waals surface area contributed by atoms with Crippen LogP contribution in [0.3, 0.4) is 0 Å². The van der Waals surface area contributed by atoms with E-state index >= 15 is 0 Å². The zero-order chi connectivity index (χ0) is 12.2. The van der Waals surface area contributed by atoms with E-state index in [1.165, 1.54) is 12.3 Å². The smallest absolute Gasteiger partial charge is 0.148 e. The molecule has 0 radical (unpaired) electrons. The van der Waals surface area contributed by atoms with Gasteiger partial charge in [-0.25, -0.2) is 12.8 Å². The molecule has 4 nitrogen and oxygen atoms in total. The molecule has 0 fully saturated rings. The van der Waals surface area contributed by atoms with E-state index in [1.54, 1.807) is 12.1 Å². The lowest BCUT2D eigenvalue weighted by atomic mass is 10.2. The fourth-order valence-electron chi connectivity index (χ4n) is 1.25. The van der Waals surface area contributed by atoms with E-state index in [4.69, 9.17) is 5.73 Å². The first-order chi connectivity index (χ1) is 7.40. The van der Waals surface area contributed by atoms with Crippen molar-refractivity contribution in [1.82, 2.24) is 0 Å². The highest BCUT2D eigenvalue weighted by Crippen LogP contribution is 2.20. The third kappa shape index (κ3) is 4.06. The second-order valence-electron chi connectivity index (χ2n) is 3.61. The Morgan fingerprint density at radius 2 is 2.12 bits per heavy atom. The summed E-state index contributed by atoms with van der Waals surface area (Å²) < 4.78 is 34.7. The Bertz CT molecular complexity index is 460. The topological polar surface area (TPSA) is 72.2 Å². The Balaban J connectivity index is 2.47. The third-order valence-electron chi connectivity index (χ3n) is 2.06. The molecular weight excluding hydrogens is 231 g/mol. The van der Waals surface area contributed by atoms with Gasteiger partial charge in [-0.15, -0.1) is 0 Å². The summed E-state index contributed by atoms with van der Waals surface area (Å²) in [6.45, 7) is 0.445. The minimum absolute atomic E-state index is 0.0573. The number of sulfone groups is 1. The normalized spacial score (nSPS) is 11.4. The molecule has 1 aromatic rings. The summed E-state index contributed by atoms with van der Waals surface area (Å²) in [6, 6.07) is 4.47. The maximum atomic E-state index is 13.0. The minimum Gasteiger partial charge on any atom is -0.395 e. The second-order valence-corrected chi connectivity index (χ2v) is 5.87. The predicted molar refractivity (Wildman–Crippen MR) is 63.6 cm³/mol. The number of hydrogen-bond donors (Lipinski definition) is 2. The van der Waals surface area contributed by atoms with Gasteiger partial charge in [0.05, 0.1) is 17.1 Å². The van der Waals surface area contributed by atoms with Gasteiger partial charge in [-0.1, -0.05) is 6.07 Å². The van der Waals surface area contributed by atoms with Crippen LogP contribution in [0.25, 0.3) is 0 Å². The average molecular weight is 246 g/mol. The zero-order valence-corrected chi connectivity index (χ0v) is 9.85. The summed E-state index contributed by atoms with van der Waals surface area (Å²) in [7, 11) is -2.94. The van der Waals surface area contributed by atoms with Crippen molar-refractivity contribution in [2.24, 2.45) is 0 Å². The highest BCUT2D eigenvalue weighted by atomic mass is 32.2. The summed E-state index contributed by atoms with van der Waals surface area (Å²) in [6.07, 6.45) is 1.65. The SMILES string of the molecule is CS(=O)(=O)CCCNc1cccc(F)c1N. The van der Waals surface area contributed by atoms with Crippen LogP contribution in [0.2, 0.25) is 0 Å². The van der Waals surface area contributed by atoms with E-state index in [9.17, 15) is 12.8 Å². The maximum Gasteiger partial charge on any atom is 0.148 e. The van der Waals surface area contributed by atoms with E-state index in [2.05, 4.69) is 5.32 Å². The van der Waals surface area contributed by atoms with Crippen molar-refractivity contribution in [3.63, 3.8) is 0 Å². The molecule has 1 rings (SSSR count). The van der Waals surface area contributed by atoms with Gasteiger partial charge in [-0.3, -0.25) is 0 Å². The summed E-state index contributed by atoms with van der Waals surface area (Å²) in [5, 5.41) is 2.90. The molecule has 0 spiro atoms. The van der Waals surface area contributed by atoms with Crippen LogP contribution in [0, 0.1) is 5.82 Å². The Morgan fingerprint density at radius 3 is 2.75 bits per heavy atom. The van der Waals surface area contributed by atoms with E-state index in [-0.39, 0.29) is 11.4 Å². The molecule has 0 amide bonds. The minimum atomic E-state index is -2.94. The Labute approximate surface area is 94.6 Å². The van der Waals surface area contributed by atoms with Crippen molar-refractivity contribution in [1.29, 1.82) is 0 Å². The van der Waals surface area contributed by atoms with Crippen LogP contribution >= 0.6 is 0 Å². The molecule has 1 aromatic carbocycles. The highest BCUT2D eigenvalue weighted by Gasteiger charge is 2.04. The molecule has 0 heterocycles. The van der Waals surface area contributed by atoms with Crippen LogP contribution < -0.4 is 11.1 Å². The van der Waals surface area contributed by atoms with E-state index < -0.39 is 15.7 Å². The van der Waals surface area contributed by atoms with Crippen molar-refractivity contribution in [2.75, 3.05) is 29.6 Å². The molecule has 0 unspecified atom stereocenters. The average Bonchev–Trinajstić information content (AvgIpc) is 2.17. The van der Waals surface area contributed by atoms with Crippen LogP contribution in [0.5, 0.6) is 0 Å². The lowest BCUT2D eigenvalue weighted by Crippen LogP contribution is -2.11. The van der Waals surface area contributed by atoms with Crippen molar-refractivity contribution in [3.8, 4) is 0 Å². The predicted octanol–water partition coefficient (Wildman–Crippen LogP) is 1.25. The molecule has 0 saturated carbocycles. The number of benzene rings is 1. The molecular formula is C10H15FN2O2S. The van der Waals surface area contributed by atoms with E-state index in [1.807, 2.05) is 0 Å². The number of nitrogens with one attached hydrogen (secondary N) is 1. The van der Waals surface area contributed by atoms with Gasteiger partial charge in [-0.05, 0) is 18.6 Å². The monoisotopic (exact) mass is 246 g/mol. The number of nitrogen functional groups attached to an aromatic ring is 1. The standard InChI is InChI=1S/C10H15FN2O2S/c1-16(14,15)7-3-6-13-9-5-2-4-8(11)10(9)12/h2,4-5,13H,3,6-7,12H2,1H3. The third-order valence-corrected chi connectivity index (χ3v) is 3.09. The van der Waals surface area contributed by atoms with Gasteiger partial charge in [-0.2, -0.15) is 0 Å². The molecule has 0 aromatic heterocycles. The fraction of sp³-hybridized carbons (Fsp3) is 0.400. The Morgan fingerprint density at radius 1 is 1.44 bits per heavy atom. The van der Waals surface area contributed by atoms with Gasteiger partial charge < -0.3 is 11.1 Å². The van der Waals surface area contributed by atoms with Crippen molar-refractivity contribution < 1.29 is 12.8 Å². The summed E-state index contributed by atoms with van der Waals surface area (Å²) in [5.74, 6) is -0.372. The Hall–Kier alpha value is -1.30. The van der Waals surface area contributed by atoms with Gasteiger partial charge in [0.1, 0.15) is 15.7 Å². The molecule has 0 aliphatic heterocycles. The second kappa shape index (κ2) is 5.16. The molecule has 16 heavy (non-hydrogen) atoms. The first kappa shape index (κ1) is 12.8. The van der Waals surface area contributed by atoms with E-state index in [0.717, 1.165) is 0 Å². The molecule has 90 valence electrons. The Kier molecular flexibility index (Phi) is 4.12. The molecule has 0 saturated heterocycles. The van der Waals surface area contributed by atoms with Crippen LogP contribution in [0.4, 0.5) is 15.8 Å². The molecule has 3 N–H and O–H groups in total. The van der Waals surface area contributed by atoms with Crippen molar-refractivity contribution in [2.45, 2.75) is 6.42 Å². The lowest BCUT2D eigenvalue weighted by molar-refractivity contribution is 0.600. The largest absolute Gasteiger partial charge is 0.395 e. The van der Waals surface area contributed by atoms with E-state index in [0.29, 0.717) is 18.7 Å². The van der Waals surface area contributed by atoms with Crippen LogP contribution in [-0.2, 0) is 9.84 Å². The van der Waals surface area contributed by atoms with Crippen molar-refractivity contribution >= 4 is 21.2 Å². The molecule has 0 aliphatic carbocycles. The fourth-order valence-corrected chi connectivity index (χ4v) is 1.92. The van der Waals surface area contributed by atoms with Gasteiger partial charge >= 0.3 is 0 Å². The number of para-hydroxylation sites is 1.